The van der Waals surface area contributed by atoms with Gasteiger partial charge in [0.15, 0.2) is 0 Å². The van der Waals surface area contributed by atoms with Gasteiger partial charge in [0.25, 0.3) is 0 Å². The Kier molecular flexibility index (Phi) is 6.31. The van der Waals surface area contributed by atoms with Gasteiger partial charge in [-0.1, -0.05) is 0 Å². The van der Waals surface area contributed by atoms with Crippen molar-refractivity contribution in [2.24, 2.45) is 0 Å². The predicted molar refractivity (Wildman–Crippen MR) is 58.3 cm³/mol. The summed E-state index contributed by atoms with van der Waals surface area (Å²) in [6.45, 7) is 7.07. The van der Waals surface area contributed by atoms with Crippen LogP contribution in [0.5, 0.6) is 0 Å². The molecule has 0 spiro atoms. The first-order valence-corrected chi connectivity index (χ1v) is 5.52. The fourth-order valence-corrected chi connectivity index (χ4v) is 1.80. The number of amides is 1. The average molecular weight is 214 g/mol. The molecule has 0 aromatic carbocycles. The van der Waals surface area contributed by atoms with Crippen LogP contribution in [0.1, 0.15) is 6.42 Å². The van der Waals surface area contributed by atoms with Gasteiger partial charge in [0, 0.05) is 52.4 Å². The lowest BCUT2D eigenvalue weighted by molar-refractivity contribution is 0.126. The third kappa shape index (κ3) is 5.11. The van der Waals surface area contributed by atoms with E-state index in [0.29, 0.717) is 6.54 Å². The van der Waals surface area contributed by atoms with Crippen LogP contribution in [0.4, 0.5) is 0 Å². The van der Waals surface area contributed by atoms with Gasteiger partial charge >= 0.3 is 6.41 Å². The fourth-order valence-electron chi connectivity index (χ4n) is 1.80. The number of aliphatic hydroxyl groups excluding tert-OH is 1. The van der Waals surface area contributed by atoms with Crippen molar-refractivity contribution in [1.29, 1.82) is 0 Å². The Morgan fingerprint density at radius 1 is 1.13 bits per heavy atom. The Balaban J connectivity index is 2.04. The zero-order valence-electron chi connectivity index (χ0n) is 9.11. The lowest BCUT2D eigenvalue weighted by Crippen LogP contribution is -2.48. The molecular formula is C10H20N3O2. The summed E-state index contributed by atoms with van der Waals surface area (Å²) in [5.41, 5.74) is 0. The topological polar surface area (TPSA) is 55.8 Å². The van der Waals surface area contributed by atoms with E-state index in [9.17, 15) is 4.79 Å². The zero-order valence-corrected chi connectivity index (χ0v) is 9.11. The van der Waals surface area contributed by atoms with Gasteiger partial charge in [-0.3, -0.25) is 9.69 Å². The SMILES string of the molecule is O=[C]NCCN1CCN(CCCO)CC1. The number of piperazine rings is 1. The molecule has 87 valence electrons. The first kappa shape index (κ1) is 12.4. The van der Waals surface area contributed by atoms with E-state index in [0.717, 1.165) is 45.7 Å². The van der Waals surface area contributed by atoms with Crippen LogP contribution in [0.2, 0.25) is 0 Å². The van der Waals surface area contributed by atoms with Gasteiger partial charge in [0.1, 0.15) is 0 Å². The normalized spacial score (nSPS) is 19.0. The highest BCUT2D eigenvalue weighted by Gasteiger charge is 2.15. The number of carbonyl (C=O) groups excluding carboxylic acids is 1. The molecule has 2 N–H and O–H groups in total. The van der Waals surface area contributed by atoms with Crippen LogP contribution in [0, 0.1) is 0 Å². The maximum absolute atomic E-state index is 9.93. The molecule has 0 aromatic rings. The van der Waals surface area contributed by atoms with Gasteiger partial charge in [-0.2, -0.15) is 0 Å². The van der Waals surface area contributed by atoms with Crippen molar-refractivity contribution in [2.75, 3.05) is 52.4 Å². The van der Waals surface area contributed by atoms with Crippen LogP contribution in [-0.4, -0.2) is 73.7 Å². The number of aliphatic hydroxyl groups is 1. The summed E-state index contributed by atoms with van der Waals surface area (Å²) in [6, 6.07) is 0. The summed E-state index contributed by atoms with van der Waals surface area (Å²) in [6.07, 6.45) is 2.54. The minimum atomic E-state index is 0.277. The Morgan fingerprint density at radius 3 is 2.27 bits per heavy atom. The molecule has 0 atom stereocenters. The number of nitrogens with zero attached hydrogens (tertiary/aromatic N) is 2. The highest BCUT2D eigenvalue weighted by Crippen LogP contribution is 2.01. The summed E-state index contributed by atoms with van der Waals surface area (Å²) in [7, 11) is 0. The second-order valence-electron chi connectivity index (χ2n) is 3.79. The minimum absolute atomic E-state index is 0.277. The summed E-state index contributed by atoms with van der Waals surface area (Å²) in [4.78, 5) is 14.6. The molecule has 0 bridgehead atoms. The Hall–Kier alpha value is -0.650. The summed E-state index contributed by atoms with van der Waals surface area (Å²) >= 11 is 0. The van der Waals surface area contributed by atoms with Crippen molar-refractivity contribution in [2.45, 2.75) is 6.42 Å². The van der Waals surface area contributed by atoms with Crippen LogP contribution >= 0.6 is 0 Å². The molecule has 0 aromatic heterocycles. The lowest BCUT2D eigenvalue weighted by atomic mass is 10.3. The quantitative estimate of drug-likeness (QED) is 0.406. The molecule has 5 heteroatoms. The summed E-state index contributed by atoms with van der Waals surface area (Å²) < 4.78 is 0. The first-order valence-electron chi connectivity index (χ1n) is 5.52. The molecular weight excluding hydrogens is 194 g/mol. The van der Waals surface area contributed by atoms with E-state index in [4.69, 9.17) is 5.11 Å². The van der Waals surface area contributed by atoms with E-state index in [-0.39, 0.29) is 6.61 Å². The van der Waals surface area contributed by atoms with Crippen LogP contribution in [-0.2, 0) is 4.79 Å². The van der Waals surface area contributed by atoms with Crippen LogP contribution in [0.25, 0.3) is 0 Å². The number of hydrogen-bond acceptors (Lipinski definition) is 4. The van der Waals surface area contributed by atoms with Crippen molar-refractivity contribution < 1.29 is 9.90 Å². The molecule has 1 fully saturated rings. The smallest absolute Gasteiger partial charge is 0.309 e. The van der Waals surface area contributed by atoms with Crippen molar-refractivity contribution in [3.63, 3.8) is 0 Å². The van der Waals surface area contributed by atoms with Crippen molar-refractivity contribution in [3.05, 3.63) is 0 Å². The second kappa shape index (κ2) is 7.62. The Morgan fingerprint density at radius 2 is 1.73 bits per heavy atom. The molecule has 0 unspecified atom stereocenters. The molecule has 1 amide bonds. The van der Waals surface area contributed by atoms with Crippen molar-refractivity contribution in [3.8, 4) is 0 Å². The molecule has 1 aliphatic rings. The van der Waals surface area contributed by atoms with Crippen molar-refractivity contribution >= 4 is 6.41 Å². The molecule has 1 aliphatic heterocycles. The van der Waals surface area contributed by atoms with Crippen molar-refractivity contribution in [1.82, 2.24) is 15.1 Å². The van der Waals surface area contributed by atoms with E-state index in [1.54, 1.807) is 6.41 Å². The zero-order chi connectivity index (χ0) is 10.9. The Bertz CT molecular complexity index is 170. The summed E-state index contributed by atoms with van der Waals surface area (Å²) in [5, 5.41) is 11.3. The molecule has 0 aliphatic carbocycles. The van der Waals surface area contributed by atoms with Crippen LogP contribution < -0.4 is 5.32 Å². The molecule has 1 heterocycles. The molecule has 1 rings (SSSR count). The van der Waals surface area contributed by atoms with Gasteiger partial charge in [-0.05, 0) is 6.42 Å². The average Bonchev–Trinajstić information content (AvgIpc) is 2.28. The largest absolute Gasteiger partial charge is 0.396 e. The highest BCUT2D eigenvalue weighted by molar-refractivity contribution is 5.46. The first-order chi connectivity index (χ1) is 7.36. The van der Waals surface area contributed by atoms with Crippen LogP contribution in [0.15, 0.2) is 0 Å². The third-order valence-corrected chi connectivity index (χ3v) is 2.72. The van der Waals surface area contributed by atoms with Gasteiger partial charge in [0.05, 0.1) is 0 Å². The highest BCUT2D eigenvalue weighted by atomic mass is 16.3. The van der Waals surface area contributed by atoms with Gasteiger partial charge < -0.3 is 15.3 Å². The second-order valence-corrected chi connectivity index (χ2v) is 3.79. The van der Waals surface area contributed by atoms with E-state index < -0.39 is 0 Å². The third-order valence-electron chi connectivity index (χ3n) is 2.72. The van der Waals surface area contributed by atoms with Crippen LogP contribution in [0.3, 0.4) is 0 Å². The maximum atomic E-state index is 9.93. The van der Waals surface area contributed by atoms with E-state index in [2.05, 4.69) is 15.1 Å². The van der Waals surface area contributed by atoms with E-state index >= 15 is 0 Å². The van der Waals surface area contributed by atoms with Gasteiger partial charge in [-0.25, -0.2) is 0 Å². The predicted octanol–water partition coefficient (Wildman–Crippen LogP) is -1.36. The fraction of sp³-hybridized carbons (Fsp3) is 0.900. The molecule has 1 saturated heterocycles. The van der Waals surface area contributed by atoms with E-state index in [1.165, 1.54) is 0 Å². The monoisotopic (exact) mass is 214 g/mol. The lowest BCUT2D eigenvalue weighted by Gasteiger charge is -2.34. The summed E-state index contributed by atoms with van der Waals surface area (Å²) in [5.74, 6) is 0. The van der Waals surface area contributed by atoms with Gasteiger partial charge in [-0.15, -0.1) is 0 Å². The molecule has 0 saturated carbocycles. The number of hydrogen-bond donors (Lipinski definition) is 2. The molecule has 1 radical (unpaired) electrons. The number of rotatable bonds is 7. The maximum Gasteiger partial charge on any atom is 0.309 e. The Labute approximate surface area is 91.0 Å². The molecule has 5 nitrogen and oxygen atoms in total. The standard InChI is InChI=1S/C10H20N3O2/c14-9-1-3-12-5-7-13(8-6-12)4-2-11-10-15/h14H,1-9H2,(H,11,15). The number of nitrogens with one attached hydrogen (secondary N) is 1. The molecule has 15 heavy (non-hydrogen) atoms. The van der Waals surface area contributed by atoms with E-state index in [1.807, 2.05) is 0 Å². The minimum Gasteiger partial charge on any atom is -0.396 e. The van der Waals surface area contributed by atoms with Gasteiger partial charge in [0.2, 0.25) is 0 Å².